The summed E-state index contributed by atoms with van der Waals surface area (Å²) in [5.41, 5.74) is 0. The number of hydrogen-bond donors (Lipinski definition) is 2. The number of nitrogens with one attached hydrogen (secondary N) is 1. The Hall–Kier alpha value is -0.0800. The van der Waals surface area contributed by atoms with Gasteiger partial charge in [0.1, 0.15) is 0 Å². The van der Waals surface area contributed by atoms with Crippen molar-refractivity contribution in [3.63, 3.8) is 0 Å². The molecule has 0 radical (unpaired) electrons. The van der Waals surface area contributed by atoms with Crippen molar-refractivity contribution in [2.24, 2.45) is 5.92 Å². The van der Waals surface area contributed by atoms with Crippen LogP contribution in [-0.4, -0.2) is 24.3 Å². The Morgan fingerprint density at radius 2 is 1.73 bits per heavy atom. The van der Waals surface area contributed by atoms with Crippen molar-refractivity contribution in [3.8, 4) is 0 Å². The molecule has 1 saturated carbocycles. The molecule has 1 aliphatic carbocycles. The normalized spacial score (nSPS) is 25.2. The zero-order chi connectivity index (χ0) is 10.9. The van der Waals surface area contributed by atoms with Crippen LogP contribution in [0.25, 0.3) is 0 Å². The molecule has 0 aromatic heterocycles. The van der Waals surface area contributed by atoms with Crippen LogP contribution < -0.4 is 5.32 Å². The number of rotatable bonds is 9. The van der Waals surface area contributed by atoms with Crippen molar-refractivity contribution in [3.05, 3.63) is 0 Å². The molecule has 0 aliphatic heterocycles. The van der Waals surface area contributed by atoms with E-state index in [9.17, 15) is 0 Å². The Morgan fingerprint density at radius 3 is 2.40 bits per heavy atom. The van der Waals surface area contributed by atoms with Crippen LogP contribution in [-0.2, 0) is 0 Å². The topological polar surface area (TPSA) is 32.3 Å². The third kappa shape index (κ3) is 5.53. The molecule has 0 aromatic rings. The zero-order valence-corrected chi connectivity index (χ0v) is 10.2. The van der Waals surface area contributed by atoms with Gasteiger partial charge >= 0.3 is 0 Å². The van der Waals surface area contributed by atoms with Gasteiger partial charge in [0, 0.05) is 12.6 Å². The van der Waals surface area contributed by atoms with Crippen molar-refractivity contribution >= 4 is 0 Å². The molecule has 0 atom stereocenters. The fraction of sp³-hybridized carbons (Fsp3) is 1.00. The molecule has 2 heteroatoms. The number of hydrogen-bond acceptors (Lipinski definition) is 2. The van der Waals surface area contributed by atoms with Gasteiger partial charge in [0.25, 0.3) is 0 Å². The summed E-state index contributed by atoms with van der Waals surface area (Å²) in [5, 5.41) is 12.4. The maximum absolute atomic E-state index is 8.87. The van der Waals surface area contributed by atoms with Crippen LogP contribution in [0.2, 0.25) is 0 Å². The minimum absolute atomic E-state index is 0.384. The van der Waals surface area contributed by atoms with Crippen LogP contribution >= 0.6 is 0 Å². The number of aliphatic hydroxyl groups is 1. The second-order valence-corrected chi connectivity index (χ2v) is 4.94. The standard InChI is InChI=1S/C13H27NO/c1-2-3-4-5-6-7-8-14-13-9-12(10-13)11-15/h12-15H,2-11H2,1H3. The summed E-state index contributed by atoms with van der Waals surface area (Å²) in [6.07, 6.45) is 10.6. The van der Waals surface area contributed by atoms with Gasteiger partial charge in [-0.2, -0.15) is 0 Å². The molecule has 0 spiro atoms. The van der Waals surface area contributed by atoms with Gasteiger partial charge in [-0.25, -0.2) is 0 Å². The van der Waals surface area contributed by atoms with Gasteiger partial charge < -0.3 is 10.4 Å². The summed E-state index contributed by atoms with van der Waals surface area (Å²) in [6, 6.07) is 0.706. The van der Waals surface area contributed by atoms with Gasteiger partial charge in [0.2, 0.25) is 0 Å². The van der Waals surface area contributed by atoms with E-state index in [4.69, 9.17) is 5.11 Å². The third-order valence-electron chi connectivity index (χ3n) is 3.46. The molecule has 0 amide bonds. The first-order valence-electron chi connectivity index (χ1n) is 6.71. The lowest BCUT2D eigenvalue weighted by atomic mass is 9.81. The summed E-state index contributed by atoms with van der Waals surface area (Å²) in [5.74, 6) is 0.590. The molecule has 0 unspecified atom stereocenters. The van der Waals surface area contributed by atoms with Crippen LogP contribution in [0.4, 0.5) is 0 Å². The van der Waals surface area contributed by atoms with Crippen LogP contribution in [0.3, 0.4) is 0 Å². The van der Waals surface area contributed by atoms with Crippen LogP contribution in [0.5, 0.6) is 0 Å². The number of aliphatic hydroxyl groups excluding tert-OH is 1. The van der Waals surface area contributed by atoms with Crippen molar-refractivity contribution < 1.29 is 5.11 Å². The maximum atomic E-state index is 8.87. The summed E-state index contributed by atoms with van der Waals surface area (Å²) in [6.45, 7) is 3.82. The summed E-state index contributed by atoms with van der Waals surface area (Å²) >= 11 is 0. The van der Waals surface area contributed by atoms with Crippen molar-refractivity contribution in [2.45, 2.75) is 64.3 Å². The van der Waals surface area contributed by atoms with Crippen molar-refractivity contribution in [2.75, 3.05) is 13.2 Å². The smallest absolute Gasteiger partial charge is 0.0460 e. The molecule has 2 nitrogen and oxygen atoms in total. The average molecular weight is 213 g/mol. The van der Waals surface area contributed by atoms with E-state index in [1.807, 2.05) is 0 Å². The minimum atomic E-state index is 0.384. The second kappa shape index (κ2) is 8.12. The molecule has 0 saturated heterocycles. The van der Waals surface area contributed by atoms with Crippen molar-refractivity contribution in [1.29, 1.82) is 0 Å². The van der Waals surface area contributed by atoms with E-state index in [0.29, 0.717) is 18.6 Å². The van der Waals surface area contributed by atoms with Crippen LogP contribution in [0.1, 0.15) is 58.3 Å². The summed E-state index contributed by atoms with van der Waals surface area (Å²) in [7, 11) is 0. The molecule has 1 fully saturated rings. The lowest BCUT2D eigenvalue weighted by Crippen LogP contribution is -2.42. The van der Waals surface area contributed by atoms with E-state index in [2.05, 4.69) is 12.2 Å². The predicted octanol–water partition coefficient (Wildman–Crippen LogP) is 2.71. The lowest BCUT2D eigenvalue weighted by molar-refractivity contribution is 0.127. The Morgan fingerprint density at radius 1 is 1.07 bits per heavy atom. The zero-order valence-electron chi connectivity index (χ0n) is 10.2. The number of unbranched alkanes of at least 4 members (excludes halogenated alkanes) is 5. The molecular formula is C13H27NO. The molecule has 90 valence electrons. The Kier molecular flexibility index (Phi) is 7.03. The Labute approximate surface area is 94.5 Å². The molecule has 1 rings (SSSR count). The molecule has 2 N–H and O–H groups in total. The summed E-state index contributed by atoms with van der Waals surface area (Å²) in [4.78, 5) is 0. The lowest BCUT2D eigenvalue weighted by Gasteiger charge is -2.34. The van der Waals surface area contributed by atoms with Gasteiger partial charge in [0.15, 0.2) is 0 Å². The van der Waals surface area contributed by atoms with E-state index >= 15 is 0 Å². The first-order chi connectivity index (χ1) is 7.36. The quantitative estimate of drug-likeness (QED) is 0.577. The molecule has 15 heavy (non-hydrogen) atoms. The molecule has 0 heterocycles. The SMILES string of the molecule is CCCCCCCCNC1CC(CO)C1. The van der Waals surface area contributed by atoms with E-state index in [1.165, 1.54) is 57.9 Å². The Bertz CT molecular complexity index is 143. The van der Waals surface area contributed by atoms with E-state index in [-0.39, 0.29) is 0 Å². The van der Waals surface area contributed by atoms with Crippen LogP contribution in [0.15, 0.2) is 0 Å². The van der Waals surface area contributed by atoms with Gasteiger partial charge in [0.05, 0.1) is 0 Å². The molecular weight excluding hydrogens is 186 g/mol. The Balaban J connectivity index is 1.74. The van der Waals surface area contributed by atoms with Crippen LogP contribution in [0, 0.1) is 5.92 Å². The molecule has 0 aromatic carbocycles. The largest absolute Gasteiger partial charge is 0.396 e. The fourth-order valence-electron chi connectivity index (χ4n) is 2.26. The van der Waals surface area contributed by atoms with Gasteiger partial charge in [-0.15, -0.1) is 0 Å². The average Bonchev–Trinajstić information content (AvgIpc) is 2.19. The van der Waals surface area contributed by atoms with E-state index in [0.717, 1.165) is 0 Å². The monoisotopic (exact) mass is 213 g/mol. The highest BCUT2D eigenvalue weighted by molar-refractivity contribution is 4.84. The first-order valence-corrected chi connectivity index (χ1v) is 6.71. The highest BCUT2D eigenvalue weighted by Gasteiger charge is 2.27. The fourth-order valence-corrected chi connectivity index (χ4v) is 2.26. The van der Waals surface area contributed by atoms with E-state index in [1.54, 1.807) is 0 Å². The predicted molar refractivity (Wildman–Crippen MR) is 65.0 cm³/mol. The highest BCUT2D eigenvalue weighted by Crippen LogP contribution is 2.26. The van der Waals surface area contributed by atoms with Gasteiger partial charge in [-0.05, 0) is 31.7 Å². The minimum Gasteiger partial charge on any atom is -0.396 e. The van der Waals surface area contributed by atoms with E-state index < -0.39 is 0 Å². The molecule has 0 bridgehead atoms. The first kappa shape index (κ1) is 13.0. The molecule has 1 aliphatic rings. The van der Waals surface area contributed by atoms with Crippen molar-refractivity contribution in [1.82, 2.24) is 5.32 Å². The highest BCUT2D eigenvalue weighted by atomic mass is 16.3. The van der Waals surface area contributed by atoms with Gasteiger partial charge in [-0.3, -0.25) is 0 Å². The van der Waals surface area contributed by atoms with Gasteiger partial charge in [-0.1, -0.05) is 39.0 Å². The second-order valence-electron chi connectivity index (χ2n) is 4.94. The maximum Gasteiger partial charge on any atom is 0.0460 e. The third-order valence-corrected chi connectivity index (χ3v) is 3.46. The summed E-state index contributed by atoms with van der Waals surface area (Å²) < 4.78 is 0.